The summed E-state index contributed by atoms with van der Waals surface area (Å²) in [6.45, 7) is 1.73. The van der Waals surface area contributed by atoms with Gasteiger partial charge in [0.25, 0.3) is 0 Å². The monoisotopic (exact) mass is 291 g/mol. The van der Waals surface area contributed by atoms with Gasteiger partial charge in [0.05, 0.1) is 6.04 Å². The molecule has 2 aromatic heterocycles. The summed E-state index contributed by atoms with van der Waals surface area (Å²) in [6.07, 6.45) is 0. The van der Waals surface area contributed by atoms with E-state index in [1.807, 2.05) is 12.1 Å². The largest absolute Gasteiger partial charge is 0.310 e. The van der Waals surface area contributed by atoms with Crippen LogP contribution in [0.5, 0.6) is 0 Å². The van der Waals surface area contributed by atoms with Gasteiger partial charge in [0.15, 0.2) is 0 Å². The fraction of sp³-hybridized carbons (Fsp3) is 0.357. The molecule has 0 aliphatic carbocycles. The molecule has 2 heterocycles. The van der Waals surface area contributed by atoms with E-state index in [9.17, 15) is 0 Å². The third-order valence-corrected chi connectivity index (χ3v) is 4.87. The highest BCUT2D eigenvalue weighted by molar-refractivity contribution is 7.12. The number of hydrogen-bond donors (Lipinski definition) is 1. The smallest absolute Gasteiger partial charge is 0.110 e. The molecule has 0 aliphatic rings. The predicted octanol–water partition coefficient (Wildman–Crippen LogP) is 3.07. The van der Waals surface area contributed by atoms with Crippen LogP contribution in [-0.4, -0.2) is 25.5 Å². The second-order valence-corrected chi connectivity index (χ2v) is 6.65. The standard InChI is InChI=1S/C14H17N3S2/c1-17(2)13(14-4-3-7-18-14)10-16-9-12-6-5-11(8-15)19-12/h3-7,13,16H,9-10H2,1-2H3. The van der Waals surface area contributed by atoms with Crippen molar-refractivity contribution in [1.29, 1.82) is 5.26 Å². The van der Waals surface area contributed by atoms with E-state index in [1.165, 1.54) is 9.75 Å². The fourth-order valence-electron chi connectivity index (χ4n) is 1.88. The third kappa shape index (κ3) is 3.88. The number of nitriles is 1. The van der Waals surface area contributed by atoms with Crippen molar-refractivity contribution >= 4 is 22.7 Å². The van der Waals surface area contributed by atoms with Gasteiger partial charge in [-0.1, -0.05) is 6.07 Å². The summed E-state index contributed by atoms with van der Waals surface area (Å²) >= 11 is 3.35. The van der Waals surface area contributed by atoms with Crippen molar-refractivity contribution in [2.24, 2.45) is 0 Å². The zero-order valence-corrected chi connectivity index (χ0v) is 12.7. The van der Waals surface area contributed by atoms with Crippen LogP contribution in [0, 0.1) is 11.3 Å². The van der Waals surface area contributed by atoms with Crippen LogP contribution in [0.25, 0.3) is 0 Å². The van der Waals surface area contributed by atoms with Crippen molar-refractivity contribution in [2.45, 2.75) is 12.6 Å². The molecule has 5 heteroatoms. The Kier molecular flexibility index (Phi) is 5.11. The quantitative estimate of drug-likeness (QED) is 0.889. The van der Waals surface area contributed by atoms with Gasteiger partial charge in [0, 0.05) is 22.8 Å². The zero-order chi connectivity index (χ0) is 13.7. The van der Waals surface area contributed by atoms with Gasteiger partial charge < -0.3 is 10.2 Å². The van der Waals surface area contributed by atoms with Crippen LogP contribution in [0.3, 0.4) is 0 Å². The Bertz CT molecular complexity index is 537. The summed E-state index contributed by atoms with van der Waals surface area (Å²) in [4.78, 5) is 5.59. The van der Waals surface area contributed by atoms with Gasteiger partial charge in [0.2, 0.25) is 0 Å². The molecule has 3 nitrogen and oxygen atoms in total. The molecular weight excluding hydrogens is 274 g/mol. The summed E-state index contributed by atoms with van der Waals surface area (Å²) in [6, 6.07) is 10.7. The lowest BCUT2D eigenvalue weighted by Gasteiger charge is -2.23. The Hall–Kier alpha value is -1.19. The molecule has 19 heavy (non-hydrogen) atoms. The van der Waals surface area contributed by atoms with Crippen LogP contribution in [0.1, 0.15) is 20.7 Å². The normalized spacial score (nSPS) is 12.5. The second-order valence-electron chi connectivity index (χ2n) is 4.50. The first-order valence-corrected chi connectivity index (χ1v) is 7.79. The lowest BCUT2D eigenvalue weighted by molar-refractivity contribution is 0.292. The Morgan fingerprint density at radius 2 is 2.21 bits per heavy atom. The third-order valence-electron chi connectivity index (χ3n) is 2.90. The molecule has 1 N–H and O–H groups in total. The SMILES string of the molecule is CN(C)C(CNCc1ccc(C#N)s1)c1cccs1. The first-order valence-electron chi connectivity index (χ1n) is 6.10. The lowest BCUT2D eigenvalue weighted by Crippen LogP contribution is -2.30. The lowest BCUT2D eigenvalue weighted by atomic mass is 10.2. The van der Waals surface area contributed by atoms with E-state index in [0.717, 1.165) is 18.0 Å². The van der Waals surface area contributed by atoms with E-state index in [2.05, 4.69) is 47.9 Å². The van der Waals surface area contributed by atoms with E-state index in [0.29, 0.717) is 6.04 Å². The summed E-state index contributed by atoms with van der Waals surface area (Å²) in [5.74, 6) is 0. The average Bonchev–Trinajstić information content (AvgIpc) is 3.05. The molecule has 0 saturated heterocycles. The summed E-state index contributed by atoms with van der Waals surface area (Å²) < 4.78 is 0. The molecule has 0 fully saturated rings. The van der Waals surface area contributed by atoms with E-state index in [-0.39, 0.29) is 0 Å². The van der Waals surface area contributed by atoms with E-state index in [1.54, 1.807) is 22.7 Å². The van der Waals surface area contributed by atoms with Crippen LogP contribution >= 0.6 is 22.7 Å². The highest BCUT2D eigenvalue weighted by atomic mass is 32.1. The second kappa shape index (κ2) is 6.83. The van der Waals surface area contributed by atoms with Crippen LogP contribution in [0.15, 0.2) is 29.6 Å². The fourth-order valence-corrected chi connectivity index (χ4v) is 3.58. The maximum absolute atomic E-state index is 8.80. The predicted molar refractivity (Wildman–Crippen MR) is 81.5 cm³/mol. The maximum atomic E-state index is 8.80. The molecule has 0 amide bonds. The van der Waals surface area contributed by atoms with Crippen molar-refractivity contribution < 1.29 is 0 Å². The molecule has 1 atom stereocenters. The number of likely N-dealkylation sites (N-methyl/N-ethyl adjacent to an activating group) is 1. The Balaban J connectivity index is 1.88. The molecule has 0 bridgehead atoms. The van der Waals surface area contributed by atoms with Crippen LogP contribution in [0.4, 0.5) is 0 Å². The minimum Gasteiger partial charge on any atom is -0.310 e. The molecule has 2 aromatic rings. The molecule has 0 radical (unpaired) electrons. The van der Waals surface area contributed by atoms with Gasteiger partial charge in [-0.05, 0) is 37.7 Å². The highest BCUT2D eigenvalue weighted by Gasteiger charge is 2.14. The Labute approximate surface area is 122 Å². The number of rotatable bonds is 6. The Morgan fingerprint density at radius 1 is 1.37 bits per heavy atom. The first-order chi connectivity index (χ1) is 9.20. The van der Waals surface area contributed by atoms with Crippen molar-refractivity contribution in [3.05, 3.63) is 44.3 Å². The Morgan fingerprint density at radius 3 is 2.79 bits per heavy atom. The van der Waals surface area contributed by atoms with Gasteiger partial charge in [-0.3, -0.25) is 0 Å². The van der Waals surface area contributed by atoms with Crippen LogP contribution in [-0.2, 0) is 6.54 Å². The molecular formula is C14H17N3S2. The summed E-state index contributed by atoms with van der Waals surface area (Å²) in [5.41, 5.74) is 0. The maximum Gasteiger partial charge on any atom is 0.110 e. The van der Waals surface area contributed by atoms with E-state index in [4.69, 9.17) is 5.26 Å². The van der Waals surface area contributed by atoms with Crippen LogP contribution < -0.4 is 5.32 Å². The van der Waals surface area contributed by atoms with E-state index < -0.39 is 0 Å². The first kappa shape index (κ1) is 14.2. The summed E-state index contributed by atoms with van der Waals surface area (Å²) in [7, 11) is 4.20. The minimum atomic E-state index is 0.399. The highest BCUT2D eigenvalue weighted by Crippen LogP contribution is 2.22. The number of nitrogens with zero attached hydrogens (tertiary/aromatic N) is 2. The molecule has 2 rings (SSSR count). The van der Waals surface area contributed by atoms with E-state index >= 15 is 0 Å². The van der Waals surface area contributed by atoms with Gasteiger partial charge in [-0.25, -0.2) is 0 Å². The van der Waals surface area contributed by atoms with Crippen molar-refractivity contribution in [1.82, 2.24) is 10.2 Å². The van der Waals surface area contributed by atoms with Crippen LogP contribution in [0.2, 0.25) is 0 Å². The number of thiophene rings is 2. The number of nitrogens with one attached hydrogen (secondary N) is 1. The van der Waals surface area contributed by atoms with Gasteiger partial charge >= 0.3 is 0 Å². The van der Waals surface area contributed by atoms with Gasteiger partial charge in [-0.2, -0.15) is 5.26 Å². The van der Waals surface area contributed by atoms with Crippen molar-refractivity contribution in [3.8, 4) is 6.07 Å². The topological polar surface area (TPSA) is 39.1 Å². The molecule has 1 unspecified atom stereocenters. The molecule has 0 saturated carbocycles. The number of hydrogen-bond acceptors (Lipinski definition) is 5. The van der Waals surface area contributed by atoms with Crippen molar-refractivity contribution in [2.75, 3.05) is 20.6 Å². The molecule has 0 aliphatic heterocycles. The average molecular weight is 291 g/mol. The molecule has 100 valence electrons. The van der Waals surface area contributed by atoms with Crippen molar-refractivity contribution in [3.63, 3.8) is 0 Å². The molecule has 0 aromatic carbocycles. The van der Waals surface area contributed by atoms with Gasteiger partial charge in [-0.15, -0.1) is 22.7 Å². The molecule has 0 spiro atoms. The summed E-state index contributed by atoms with van der Waals surface area (Å²) in [5, 5.41) is 14.4. The zero-order valence-electron chi connectivity index (χ0n) is 11.1. The van der Waals surface area contributed by atoms with Gasteiger partial charge in [0.1, 0.15) is 10.9 Å². The minimum absolute atomic E-state index is 0.399.